The molecule has 2 fully saturated rings. The van der Waals surface area contributed by atoms with Gasteiger partial charge in [-0.1, -0.05) is 78.9 Å². The smallest absolute Gasteiger partial charge is 0.357 e. The molecule has 3 aromatic rings. The molecule has 0 aliphatic carbocycles. The fourth-order valence-electron chi connectivity index (χ4n) is 4.69. The van der Waals surface area contributed by atoms with E-state index in [1.807, 2.05) is 66.7 Å². The van der Waals surface area contributed by atoms with Crippen molar-refractivity contribution in [2.75, 3.05) is 13.7 Å². The molecule has 2 aliphatic rings. The average molecular weight is 517 g/mol. The quantitative estimate of drug-likeness (QED) is 0.345. The van der Waals surface area contributed by atoms with Crippen LogP contribution >= 0.6 is 0 Å². The molecule has 5 rings (SSSR count). The van der Waals surface area contributed by atoms with E-state index in [9.17, 15) is 14.4 Å². The maximum absolute atomic E-state index is 13.4. The highest BCUT2D eigenvalue weighted by Crippen LogP contribution is 2.35. The largest absolute Gasteiger partial charge is 0.484 e. The number of fused-ring (bicyclic) bond motifs is 1. The van der Waals surface area contributed by atoms with E-state index in [2.05, 4.69) is 5.32 Å². The standard InChI is InChI=1S/C29H28N2O7/c1-35-24-17-22-25(30-23(32)18-36-21-15-9-4-10-16-21)27(33)31(22)28(37-24)29(34)38-26(19-11-5-2-6-12-19)20-13-7-3-8-14-20/h2-16,22,24-26,28H,17-18H2,1H3,(H,30,32). The van der Waals surface area contributed by atoms with Crippen LogP contribution in [0.5, 0.6) is 5.75 Å². The third-order valence-electron chi connectivity index (χ3n) is 6.56. The van der Waals surface area contributed by atoms with Crippen LogP contribution < -0.4 is 10.1 Å². The number of nitrogens with zero attached hydrogens (tertiary/aromatic N) is 1. The first-order chi connectivity index (χ1) is 18.5. The number of rotatable bonds is 9. The van der Waals surface area contributed by atoms with Crippen molar-refractivity contribution in [3.63, 3.8) is 0 Å². The number of esters is 1. The Kier molecular flexibility index (Phi) is 7.67. The van der Waals surface area contributed by atoms with E-state index >= 15 is 0 Å². The molecule has 2 aliphatic heterocycles. The molecule has 0 saturated carbocycles. The van der Waals surface area contributed by atoms with Crippen LogP contribution in [0.25, 0.3) is 0 Å². The minimum atomic E-state index is -1.31. The summed E-state index contributed by atoms with van der Waals surface area (Å²) in [5.41, 5.74) is 1.56. The molecule has 0 spiro atoms. The topological polar surface area (TPSA) is 103 Å². The van der Waals surface area contributed by atoms with Gasteiger partial charge in [-0.25, -0.2) is 4.79 Å². The SMILES string of the molecule is COC1CC2C(NC(=O)COc3ccccc3)C(=O)N2C(C(=O)OC(c2ccccc2)c2ccccc2)O1. The number of nitrogens with one attached hydrogen (secondary N) is 1. The molecule has 9 nitrogen and oxygen atoms in total. The zero-order chi connectivity index (χ0) is 26.5. The van der Waals surface area contributed by atoms with Crippen LogP contribution in [0.3, 0.4) is 0 Å². The van der Waals surface area contributed by atoms with Crippen LogP contribution in [0.2, 0.25) is 0 Å². The van der Waals surface area contributed by atoms with Gasteiger partial charge in [-0.05, 0) is 23.3 Å². The first-order valence-electron chi connectivity index (χ1n) is 12.3. The monoisotopic (exact) mass is 516 g/mol. The van der Waals surface area contributed by atoms with Crippen LogP contribution in [0.1, 0.15) is 23.7 Å². The summed E-state index contributed by atoms with van der Waals surface area (Å²) in [6, 6.07) is 26.3. The summed E-state index contributed by atoms with van der Waals surface area (Å²) in [4.78, 5) is 40.3. The molecular weight excluding hydrogens is 488 g/mol. The van der Waals surface area contributed by atoms with Crippen molar-refractivity contribution in [2.24, 2.45) is 0 Å². The Hall–Kier alpha value is -4.21. The summed E-state index contributed by atoms with van der Waals surface area (Å²) in [6.07, 6.45) is -2.47. The fraction of sp³-hybridized carbons (Fsp3) is 0.276. The van der Waals surface area contributed by atoms with Gasteiger partial charge in [-0.2, -0.15) is 0 Å². The summed E-state index contributed by atoms with van der Waals surface area (Å²) < 4.78 is 22.6. The van der Waals surface area contributed by atoms with E-state index in [0.717, 1.165) is 11.1 Å². The number of methoxy groups -OCH3 is 1. The molecule has 3 aromatic carbocycles. The van der Waals surface area contributed by atoms with E-state index in [0.29, 0.717) is 5.75 Å². The Morgan fingerprint density at radius 3 is 2.11 bits per heavy atom. The second kappa shape index (κ2) is 11.5. The van der Waals surface area contributed by atoms with Crippen molar-refractivity contribution >= 4 is 17.8 Å². The van der Waals surface area contributed by atoms with E-state index in [-0.39, 0.29) is 13.0 Å². The van der Waals surface area contributed by atoms with Crippen LogP contribution in [0.4, 0.5) is 0 Å². The highest BCUT2D eigenvalue weighted by molar-refractivity contribution is 5.96. The first-order valence-corrected chi connectivity index (χ1v) is 12.3. The second-order valence-corrected chi connectivity index (χ2v) is 8.99. The maximum atomic E-state index is 13.4. The Labute approximate surface area is 220 Å². The molecule has 2 saturated heterocycles. The Bertz CT molecular complexity index is 1220. The van der Waals surface area contributed by atoms with Crippen molar-refractivity contribution in [3.8, 4) is 5.75 Å². The number of amides is 2. The average Bonchev–Trinajstić information content (AvgIpc) is 2.98. The summed E-state index contributed by atoms with van der Waals surface area (Å²) >= 11 is 0. The lowest BCUT2D eigenvalue weighted by Gasteiger charge is -2.53. The summed E-state index contributed by atoms with van der Waals surface area (Å²) in [7, 11) is 1.46. The van der Waals surface area contributed by atoms with E-state index in [4.69, 9.17) is 18.9 Å². The lowest BCUT2D eigenvalue weighted by atomic mass is 9.89. The van der Waals surface area contributed by atoms with Gasteiger partial charge < -0.3 is 24.3 Å². The predicted octanol–water partition coefficient (Wildman–Crippen LogP) is 2.81. The number of hydrogen-bond donors (Lipinski definition) is 1. The molecule has 2 heterocycles. The Morgan fingerprint density at radius 2 is 1.53 bits per heavy atom. The van der Waals surface area contributed by atoms with Crippen molar-refractivity contribution in [1.82, 2.24) is 10.2 Å². The molecule has 1 N–H and O–H groups in total. The minimum absolute atomic E-state index is 0.244. The summed E-state index contributed by atoms with van der Waals surface area (Å²) in [6.45, 7) is -0.244. The van der Waals surface area contributed by atoms with Gasteiger partial charge in [-0.3, -0.25) is 14.5 Å². The number of benzene rings is 3. The molecule has 0 bridgehead atoms. The normalized spacial score (nSPS) is 22.3. The number of carbonyl (C=O) groups excluding carboxylic acids is 3. The molecule has 38 heavy (non-hydrogen) atoms. The van der Waals surface area contributed by atoms with Crippen LogP contribution in [-0.4, -0.2) is 61.0 Å². The number of para-hydroxylation sites is 1. The van der Waals surface area contributed by atoms with Crippen LogP contribution in [0.15, 0.2) is 91.0 Å². The highest BCUT2D eigenvalue weighted by atomic mass is 16.7. The first kappa shape index (κ1) is 25.4. The molecule has 9 heteroatoms. The molecule has 0 radical (unpaired) electrons. The molecule has 0 aromatic heterocycles. The molecule has 196 valence electrons. The van der Waals surface area contributed by atoms with Crippen molar-refractivity contribution in [3.05, 3.63) is 102 Å². The molecule has 2 amide bonds. The van der Waals surface area contributed by atoms with Gasteiger partial charge in [0.25, 0.3) is 5.91 Å². The predicted molar refractivity (Wildman–Crippen MR) is 136 cm³/mol. The third-order valence-corrected chi connectivity index (χ3v) is 6.56. The van der Waals surface area contributed by atoms with Gasteiger partial charge in [0.15, 0.2) is 19.0 Å². The van der Waals surface area contributed by atoms with E-state index in [1.54, 1.807) is 24.3 Å². The van der Waals surface area contributed by atoms with Gasteiger partial charge >= 0.3 is 5.97 Å². The van der Waals surface area contributed by atoms with Crippen LogP contribution in [-0.2, 0) is 28.6 Å². The lowest BCUT2D eigenvalue weighted by molar-refractivity contribution is -0.265. The molecule has 4 unspecified atom stereocenters. The Morgan fingerprint density at radius 1 is 0.947 bits per heavy atom. The fourth-order valence-corrected chi connectivity index (χ4v) is 4.69. The highest BCUT2D eigenvalue weighted by Gasteiger charge is 2.58. The van der Waals surface area contributed by atoms with Gasteiger partial charge in [-0.15, -0.1) is 0 Å². The number of ether oxygens (including phenoxy) is 4. The third kappa shape index (κ3) is 5.39. The van der Waals surface area contributed by atoms with Gasteiger partial charge in [0.05, 0.1) is 6.04 Å². The molecular formula is C29H28N2O7. The van der Waals surface area contributed by atoms with E-state index in [1.165, 1.54) is 12.0 Å². The second-order valence-electron chi connectivity index (χ2n) is 8.99. The van der Waals surface area contributed by atoms with Crippen molar-refractivity contribution in [2.45, 2.75) is 37.1 Å². The Balaban J connectivity index is 1.28. The minimum Gasteiger partial charge on any atom is -0.484 e. The number of carbonyl (C=O) groups is 3. The van der Waals surface area contributed by atoms with Gasteiger partial charge in [0.1, 0.15) is 11.8 Å². The maximum Gasteiger partial charge on any atom is 0.357 e. The number of β-lactam (4-membered cyclic amide) rings is 1. The number of hydrogen-bond acceptors (Lipinski definition) is 7. The van der Waals surface area contributed by atoms with Crippen molar-refractivity contribution < 1.29 is 33.3 Å². The summed E-state index contributed by atoms with van der Waals surface area (Å²) in [5, 5.41) is 2.71. The zero-order valence-corrected chi connectivity index (χ0v) is 20.8. The van der Waals surface area contributed by atoms with Gasteiger partial charge in [0.2, 0.25) is 12.1 Å². The zero-order valence-electron chi connectivity index (χ0n) is 20.8. The molecule has 4 atom stereocenters. The van der Waals surface area contributed by atoms with E-state index < -0.39 is 48.5 Å². The van der Waals surface area contributed by atoms with Crippen LogP contribution in [0, 0.1) is 0 Å². The van der Waals surface area contributed by atoms with Crippen molar-refractivity contribution in [1.29, 1.82) is 0 Å². The lowest BCUT2D eigenvalue weighted by Crippen LogP contribution is -2.77. The van der Waals surface area contributed by atoms with Gasteiger partial charge in [0, 0.05) is 13.5 Å². The summed E-state index contributed by atoms with van der Waals surface area (Å²) in [5.74, 6) is -1.06.